The molecule has 0 saturated carbocycles. The Kier molecular flexibility index (Phi) is 11.8. The van der Waals surface area contributed by atoms with Crippen LogP contribution in [-0.2, 0) is 8.85 Å². The van der Waals surface area contributed by atoms with Gasteiger partial charge in [0, 0.05) is 6.42 Å². The molecule has 0 heterocycles. The van der Waals surface area contributed by atoms with Gasteiger partial charge in [0.25, 0.3) is 16.6 Å². The maximum atomic E-state index is 12.2. The summed E-state index contributed by atoms with van der Waals surface area (Å²) in [6.07, 6.45) is 1.36. The Hall–Kier alpha value is -3.11. The maximum Gasteiger partial charge on any atom is 0.261 e. The van der Waals surface area contributed by atoms with Crippen LogP contribution in [0.15, 0.2) is 133 Å². The average molecular weight is 653 g/mol. The van der Waals surface area contributed by atoms with Gasteiger partial charge in [-0.1, -0.05) is 175 Å². The summed E-state index contributed by atoms with van der Waals surface area (Å²) in [6.45, 7) is 15.3. The quantitative estimate of drug-likeness (QED) is 0.134. The van der Waals surface area contributed by atoms with Crippen molar-refractivity contribution in [2.24, 2.45) is 0 Å². The zero-order valence-corrected chi connectivity index (χ0v) is 30.6. The molecule has 244 valence electrons. The average Bonchev–Trinajstić information content (AvgIpc) is 3.04. The number of allylic oxidation sites excluding steroid dienone is 1. The van der Waals surface area contributed by atoms with Crippen molar-refractivity contribution in [3.63, 3.8) is 0 Å². The van der Waals surface area contributed by atoms with Crippen LogP contribution in [0.25, 0.3) is 0 Å². The monoisotopic (exact) mass is 652 g/mol. The van der Waals surface area contributed by atoms with Gasteiger partial charge < -0.3 is 19.1 Å². The van der Waals surface area contributed by atoms with E-state index in [1.807, 2.05) is 37.3 Å². The number of aliphatic hydroxyl groups excluding tert-OH is 2. The van der Waals surface area contributed by atoms with Crippen molar-refractivity contribution in [3.05, 3.63) is 133 Å². The lowest BCUT2D eigenvalue weighted by molar-refractivity contribution is -0.0188. The maximum absolute atomic E-state index is 12.2. The molecule has 4 aromatic carbocycles. The van der Waals surface area contributed by atoms with E-state index in [2.05, 4.69) is 139 Å². The molecule has 0 unspecified atom stereocenters. The van der Waals surface area contributed by atoms with Crippen molar-refractivity contribution < 1.29 is 19.1 Å². The van der Waals surface area contributed by atoms with E-state index in [1.165, 1.54) is 0 Å². The molecule has 4 aromatic rings. The highest BCUT2D eigenvalue weighted by Gasteiger charge is 2.53. The Morgan fingerprint density at radius 3 is 1.26 bits per heavy atom. The third-order valence-corrected chi connectivity index (χ3v) is 19.0. The lowest BCUT2D eigenvalue weighted by atomic mass is 10.1. The molecule has 46 heavy (non-hydrogen) atoms. The van der Waals surface area contributed by atoms with Crippen molar-refractivity contribution in [3.8, 4) is 0 Å². The first kappa shape index (κ1) is 35.7. The summed E-state index contributed by atoms with van der Waals surface area (Å²) in [7, 11) is -5.96. The second-order valence-electron chi connectivity index (χ2n) is 14.2. The van der Waals surface area contributed by atoms with Crippen molar-refractivity contribution in [1.29, 1.82) is 0 Å². The second-order valence-corrected chi connectivity index (χ2v) is 22.7. The highest BCUT2D eigenvalue weighted by Crippen LogP contribution is 2.40. The van der Waals surface area contributed by atoms with E-state index in [9.17, 15) is 10.2 Å². The van der Waals surface area contributed by atoms with Crippen LogP contribution >= 0.6 is 0 Å². The Morgan fingerprint density at radius 1 is 0.587 bits per heavy atom. The first-order valence-corrected chi connectivity index (χ1v) is 20.2. The van der Waals surface area contributed by atoms with E-state index in [0.29, 0.717) is 0 Å². The van der Waals surface area contributed by atoms with Crippen LogP contribution in [0.1, 0.15) is 54.9 Å². The molecule has 0 bridgehead atoms. The van der Waals surface area contributed by atoms with Crippen LogP contribution in [0.5, 0.6) is 0 Å². The molecule has 0 aliphatic carbocycles. The molecule has 3 atom stereocenters. The number of rotatable bonds is 13. The minimum Gasteiger partial charge on any atom is -0.405 e. The predicted octanol–water partition coefficient (Wildman–Crippen LogP) is 6.20. The van der Waals surface area contributed by atoms with Crippen molar-refractivity contribution in [2.75, 3.05) is 6.61 Å². The van der Waals surface area contributed by atoms with E-state index in [1.54, 1.807) is 6.08 Å². The second kappa shape index (κ2) is 15.2. The molecular formula is C40H52O4Si2. The molecule has 4 rings (SSSR count). The summed E-state index contributed by atoms with van der Waals surface area (Å²) in [4.78, 5) is 0. The fraction of sp³-hybridized carbons (Fsp3) is 0.350. The van der Waals surface area contributed by atoms with Crippen LogP contribution in [0, 0.1) is 0 Å². The van der Waals surface area contributed by atoms with Gasteiger partial charge >= 0.3 is 0 Å². The molecule has 0 radical (unpaired) electrons. The van der Waals surface area contributed by atoms with E-state index in [0.717, 1.165) is 20.7 Å². The molecule has 0 spiro atoms. The number of benzene rings is 4. The summed E-state index contributed by atoms with van der Waals surface area (Å²) in [6, 6.07) is 41.8. The first-order chi connectivity index (χ1) is 21.9. The van der Waals surface area contributed by atoms with Gasteiger partial charge in [-0.25, -0.2) is 0 Å². The minimum absolute atomic E-state index is 0.0682. The van der Waals surface area contributed by atoms with Crippen LogP contribution < -0.4 is 20.7 Å². The van der Waals surface area contributed by atoms with Gasteiger partial charge in [0.15, 0.2) is 0 Å². The lowest BCUT2D eigenvalue weighted by Crippen LogP contribution is -2.69. The fourth-order valence-electron chi connectivity index (χ4n) is 6.82. The molecule has 0 amide bonds. The first-order valence-electron chi connectivity index (χ1n) is 16.4. The SMILES string of the molecule is C/C=C\[C@H](O)C[C@H](O[Si](c1ccccc1)(c1ccccc1)C(C)(C)C)[C@H](O)CO[Si](c1ccccc1)(c1ccccc1)C(C)(C)C. The third kappa shape index (κ3) is 7.54. The minimum atomic E-state index is -3.04. The standard InChI is InChI=1S/C40H52O4Si2/c1-8-21-32(41)30-38(44-46(40(5,6)7,35-26-17-11-18-27-35)36-28-19-12-20-29-36)37(42)31-43-45(39(2,3)4,33-22-13-9-14-23-33)34-24-15-10-16-25-34/h8-29,32,37-38,41-42H,30-31H2,1-7H3/b21-8-/t32-,37+,38-/m0/s1. The van der Waals surface area contributed by atoms with Crippen molar-refractivity contribution in [1.82, 2.24) is 0 Å². The Labute approximate surface area is 279 Å². The van der Waals surface area contributed by atoms with E-state index in [4.69, 9.17) is 8.85 Å². The van der Waals surface area contributed by atoms with E-state index in [-0.39, 0.29) is 23.1 Å². The zero-order chi connectivity index (χ0) is 33.4. The lowest BCUT2D eigenvalue weighted by Gasteiger charge is -2.47. The van der Waals surface area contributed by atoms with Gasteiger partial charge in [-0.15, -0.1) is 0 Å². The summed E-state index contributed by atoms with van der Waals surface area (Å²) >= 11 is 0. The van der Waals surface area contributed by atoms with Crippen LogP contribution in [0.4, 0.5) is 0 Å². The summed E-state index contributed by atoms with van der Waals surface area (Å²) in [5.41, 5.74) is 0. The topological polar surface area (TPSA) is 58.9 Å². The van der Waals surface area contributed by atoms with Crippen molar-refractivity contribution >= 4 is 37.4 Å². The molecule has 6 heteroatoms. The smallest absolute Gasteiger partial charge is 0.261 e. The predicted molar refractivity (Wildman–Crippen MR) is 198 cm³/mol. The van der Waals surface area contributed by atoms with Crippen LogP contribution in [0.2, 0.25) is 10.1 Å². The van der Waals surface area contributed by atoms with Crippen LogP contribution in [0.3, 0.4) is 0 Å². The molecule has 0 aromatic heterocycles. The molecule has 0 aliphatic heterocycles. The van der Waals surface area contributed by atoms with Gasteiger partial charge in [-0.2, -0.15) is 0 Å². The molecule has 2 N–H and O–H groups in total. The molecule has 0 saturated heterocycles. The van der Waals surface area contributed by atoms with E-state index >= 15 is 0 Å². The number of aliphatic hydroxyl groups is 2. The van der Waals surface area contributed by atoms with E-state index < -0.39 is 34.9 Å². The normalized spacial score (nSPS) is 15.1. The largest absolute Gasteiger partial charge is 0.405 e. The van der Waals surface area contributed by atoms with Gasteiger partial charge in [0.2, 0.25) is 0 Å². The highest BCUT2D eigenvalue weighted by molar-refractivity contribution is 7.00. The van der Waals surface area contributed by atoms with Crippen molar-refractivity contribution in [2.45, 2.75) is 83.3 Å². The Bertz CT molecular complexity index is 1420. The molecule has 0 aliphatic rings. The van der Waals surface area contributed by atoms with Crippen LogP contribution in [-0.4, -0.2) is 51.8 Å². The summed E-state index contributed by atoms with van der Waals surface area (Å²) < 4.78 is 14.6. The summed E-state index contributed by atoms with van der Waals surface area (Å²) in [5.74, 6) is 0. The molecular weight excluding hydrogens is 601 g/mol. The van der Waals surface area contributed by atoms with Gasteiger partial charge in [-0.05, 0) is 37.7 Å². The zero-order valence-electron chi connectivity index (χ0n) is 28.6. The third-order valence-electron chi connectivity index (χ3n) is 8.95. The highest BCUT2D eigenvalue weighted by atomic mass is 28.4. The Balaban J connectivity index is 1.83. The fourth-order valence-corrected chi connectivity index (χ4v) is 16.1. The molecule has 4 nitrogen and oxygen atoms in total. The number of hydrogen-bond acceptors (Lipinski definition) is 4. The van der Waals surface area contributed by atoms with Gasteiger partial charge in [0.05, 0.1) is 18.8 Å². The Morgan fingerprint density at radius 2 is 0.935 bits per heavy atom. The number of hydrogen-bond donors (Lipinski definition) is 2. The van der Waals surface area contributed by atoms with Gasteiger partial charge in [0.1, 0.15) is 6.10 Å². The molecule has 0 fully saturated rings. The summed E-state index contributed by atoms with van der Waals surface area (Å²) in [5, 5.41) is 27.4. The van der Waals surface area contributed by atoms with Gasteiger partial charge in [-0.3, -0.25) is 0 Å².